The molecule has 3 aromatic rings. The first-order chi connectivity index (χ1) is 15.6. The van der Waals surface area contributed by atoms with Crippen molar-refractivity contribution in [3.63, 3.8) is 0 Å². The first-order valence-corrected chi connectivity index (χ1v) is 12.1. The van der Waals surface area contributed by atoms with E-state index in [9.17, 15) is 9.59 Å². The Morgan fingerprint density at radius 2 is 1.94 bits per heavy atom. The third-order valence-electron chi connectivity index (χ3n) is 5.00. The molecule has 1 atom stereocenters. The summed E-state index contributed by atoms with van der Waals surface area (Å²) in [5.41, 5.74) is 2.96. The second kappa shape index (κ2) is 10.3. The zero-order valence-electron chi connectivity index (χ0n) is 19.8. The lowest BCUT2D eigenvalue weighted by Crippen LogP contribution is -2.21. The van der Waals surface area contributed by atoms with E-state index in [1.165, 1.54) is 33.6 Å². The van der Waals surface area contributed by atoms with Gasteiger partial charge in [0.05, 0.1) is 11.4 Å². The molecule has 0 aliphatic rings. The van der Waals surface area contributed by atoms with Crippen LogP contribution < -0.4 is 10.1 Å². The van der Waals surface area contributed by atoms with Crippen LogP contribution >= 0.6 is 23.1 Å². The topological polar surface area (TPSA) is 102 Å². The fourth-order valence-electron chi connectivity index (χ4n) is 2.99. The van der Waals surface area contributed by atoms with E-state index in [0.717, 1.165) is 11.3 Å². The highest BCUT2D eigenvalue weighted by Gasteiger charge is 2.20. The smallest absolute Gasteiger partial charge is 0.265 e. The second-order valence-corrected chi connectivity index (χ2v) is 9.82. The fourth-order valence-corrected chi connectivity index (χ4v) is 4.71. The number of nitrogens with one attached hydrogen (secondary N) is 1. The van der Waals surface area contributed by atoms with Crippen LogP contribution in [0.25, 0.3) is 0 Å². The Balaban J connectivity index is 1.59. The number of thioether (sulfide) groups is 1. The number of hydrogen-bond acceptors (Lipinski definition) is 8. The maximum Gasteiger partial charge on any atom is 0.265 e. The number of rotatable bonds is 8. The van der Waals surface area contributed by atoms with Gasteiger partial charge in [-0.1, -0.05) is 29.2 Å². The molecule has 1 unspecified atom stereocenters. The highest BCUT2D eigenvalue weighted by Crippen LogP contribution is 2.26. The van der Waals surface area contributed by atoms with Crippen molar-refractivity contribution < 1.29 is 14.3 Å². The van der Waals surface area contributed by atoms with Gasteiger partial charge in [-0.2, -0.15) is 0 Å². The molecule has 2 amide bonds. The van der Waals surface area contributed by atoms with Crippen molar-refractivity contribution in [3.05, 3.63) is 45.7 Å². The molecule has 1 aromatic carbocycles. The molecule has 11 heteroatoms. The summed E-state index contributed by atoms with van der Waals surface area (Å²) in [5.74, 6) is 1.20. The van der Waals surface area contributed by atoms with Gasteiger partial charge in [-0.05, 0) is 51.0 Å². The lowest BCUT2D eigenvalue weighted by Gasteiger charge is -2.15. The van der Waals surface area contributed by atoms with Crippen LogP contribution in [-0.2, 0) is 11.8 Å². The number of carbonyl (C=O) groups is 2. The number of carbonyl (C=O) groups excluding carboxylic acids is 2. The number of benzene rings is 1. The highest BCUT2D eigenvalue weighted by atomic mass is 32.2. The Morgan fingerprint density at radius 3 is 2.61 bits per heavy atom. The van der Waals surface area contributed by atoms with E-state index in [1.807, 2.05) is 43.7 Å². The Kier molecular flexibility index (Phi) is 7.75. The van der Waals surface area contributed by atoms with Crippen LogP contribution in [0.3, 0.4) is 0 Å². The summed E-state index contributed by atoms with van der Waals surface area (Å²) >= 11 is 2.44. The molecule has 0 bridgehead atoms. The second-order valence-electron chi connectivity index (χ2n) is 7.88. The Bertz CT molecular complexity index is 1170. The summed E-state index contributed by atoms with van der Waals surface area (Å²) in [4.78, 5) is 30.9. The van der Waals surface area contributed by atoms with Crippen LogP contribution in [0.5, 0.6) is 5.75 Å². The third-order valence-corrected chi connectivity index (χ3v) is 7.08. The van der Waals surface area contributed by atoms with E-state index < -0.39 is 0 Å². The van der Waals surface area contributed by atoms with E-state index in [2.05, 4.69) is 27.4 Å². The molecule has 0 aliphatic carbocycles. The Morgan fingerprint density at radius 1 is 1.21 bits per heavy atom. The van der Waals surface area contributed by atoms with Gasteiger partial charge in [0, 0.05) is 21.1 Å². The van der Waals surface area contributed by atoms with Crippen LogP contribution in [0.1, 0.15) is 45.3 Å². The number of anilines is 1. The van der Waals surface area contributed by atoms with Crippen molar-refractivity contribution in [1.29, 1.82) is 0 Å². The largest absolute Gasteiger partial charge is 0.483 e. The lowest BCUT2D eigenvalue weighted by molar-refractivity contribution is -0.113. The van der Waals surface area contributed by atoms with Gasteiger partial charge >= 0.3 is 0 Å². The summed E-state index contributed by atoms with van der Waals surface area (Å²) in [6, 6.07) is 5.96. The van der Waals surface area contributed by atoms with Gasteiger partial charge in [-0.25, -0.2) is 4.98 Å². The highest BCUT2D eigenvalue weighted by molar-refractivity contribution is 7.99. The minimum atomic E-state index is -0.307. The summed E-state index contributed by atoms with van der Waals surface area (Å²) in [5, 5.41) is 12.2. The molecule has 2 aromatic heterocycles. The minimum absolute atomic E-state index is 0.133. The van der Waals surface area contributed by atoms with Gasteiger partial charge in [0.15, 0.2) is 22.2 Å². The average Bonchev–Trinajstić information content (AvgIpc) is 3.30. The number of ether oxygens (including phenoxy) is 1. The lowest BCUT2D eigenvalue weighted by atomic mass is 10.1. The van der Waals surface area contributed by atoms with Gasteiger partial charge in [0.25, 0.3) is 5.91 Å². The Hall–Kier alpha value is -2.92. The molecular formula is C22H28N6O3S2. The number of aromatic nitrogens is 4. The number of nitrogens with zero attached hydrogens (tertiary/aromatic N) is 5. The van der Waals surface area contributed by atoms with Gasteiger partial charge in [-0.15, -0.1) is 10.2 Å². The average molecular weight is 489 g/mol. The predicted molar refractivity (Wildman–Crippen MR) is 130 cm³/mol. The van der Waals surface area contributed by atoms with Gasteiger partial charge in [0.2, 0.25) is 5.91 Å². The van der Waals surface area contributed by atoms with Gasteiger partial charge < -0.3 is 19.5 Å². The third kappa shape index (κ3) is 5.91. The normalized spacial score (nSPS) is 11.8. The molecule has 176 valence electrons. The molecule has 0 saturated carbocycles. The van der Waals surface area contributed by atoms with Gasteiger partial charge in [0.1, 0.15) is 10.6 Å². The van der Waals surface area contributed by atoms with Crippen molar-refractivity contribution in [2.24, 2.45) is 7.05 Å². The number of aryl methyl sites for hydroxylation is 3. The quantitative estimate of drug-likeness (QED) is 0.482. The molecule has 0 spiro atoms. The Labute approximate surface area is 201 Å². The maximum absolute atomic E-state index is 12.4. The van der Waals surface area contributed by atoms with E-state index in [0.29, 0.717) is 26.7 Å². The number of amides is 2. The molecule has 9 nitrogen and oxygen atoms in total. The summed E-state index contributed by atoms with van der Waals surface area (Å²) in [6.45, 7) is 7.77. The molecule has 0 radical (unpaired) electrons. The van der Waals surface area contributed by atoms with E-state index >= 15 is 0 Å². The van der Waals surface area contributed by atoms with E-state index in [4.69, 9.17) is 4.74 Å². The standard InChI is InChI=1S/C22H28N6O3S2/c1-12-8-9-16(10-13(12)2)31-15(4)19-25-26-22(28(19)7)32-11-17(29)24-21-23-14(3)18(33-21)20(30)27(5)6/h8-10,15H,11H2,1-7H3,(H,23,24,29). The maximum atomic E-state index is 12.4. The van der Waals surface area contributed by atoms with Crippen molar-refractivity contribution in [2.75, 3.05) is 25.2 Å². The molecule has 0 aliphatic heterocycles. The summed E-state index contributed by atoms with van der Waals surface area (Å²) in [7, 11) is 5.21. The van der Waals surface area contributed by atoms with E-state index in [-0.39, 0.29) is 23.7 Å². The van der Waals surface area contributed by atoms with Crippen LogP contribution in [0.15, 0.2) is 23.4 Å². The van der Waals surface area contributed by atoms with Crippen LogP contribution in [0, 0.1) is 20.8 Å². The van der Waals surface area contributed by atoms with Crippen molar-refractivity contribution in [3.8, 4) is 5.75 Å². The zero-order valence-corrected chi connectivity index (χ0v) is 21.4. The summed E-state index contributed by atoms with van der Waals surface area (Å²) in [6.07, 6.45) is -0.307. The zero-order chi connectivity index (χ0) is 24.3. The molecule has 33 heavy (non-hydrogen) atoms. The van der Waals surface area contributed by atoms with Gasteiger partial charge in [-0.3, -0.25) is 9.59 Å². The van der Waals surface area contributed by atoms with Crippen molar-refractivity contribution in [2.45, 2.75) is 39.0 Å². The molecule has 3 rings (SSSR count). The van der Waals surface area contributed by atoms with Crippen LogP contribution in [0.4, 0.5) is 5.13 Å². The van der Waals surface area contributed by atoms with Crippen LogP contribution in [0.2, 0.25) is 0 Å². The summed E-state index contributed by atoms with van der Waals surface area (Å²) < 4.78 is 7.86. The molecular weight excluding hydrogens is 460 g/mol. The molecule has 0 fully saturated rings. The first-order valence-electron chi connectivity index (χ1n) is 10.3. The van der Waals surface area contributed by atoms with E-state index in [1.54, 1.807) is 21.0 Å². The SMILES string of the molecule is Cc1ccc(OC(C)c2nnc(SCC(=O)Nc3nc(C)c(C(=O)N(C)C)s3)n2C)cc1C. The first kappa shape index (κ1) is 24.7. The van der Waals surface area contributed by atoms with Crippen LogP contribution in [-0.4, -0.2) is 56.3 Å². The number of hydrogen-bond donors (Lipinski definition) is 1. The fraction of sp³-hybridized carbons (Fsp3) is 0.409. The predicted octanol–water partition coefficient (Wildman–Crippen LogP) is 3.77. The molecule has 2 heterocycles. The molecule has 1 N–H and O–H groups in total. The number of thiazole rings is 1. The monoisotopic (exact) mass is 488 g/mol. The van der Waals surface area contributed by atoms with Crippen molar-refractivity contribution in [1.82, 2.24) is 24.6 Å². The minimum Gasteiger partial charge on any atom is -0.483 e. The van der Waals surface area contributed by atoms with Crippen molar-refractivity contribution >= 4 is 40.0 Å². The molecule has 0 saturated heterocycles.